The Bertz CT molecular complexity index is 344. The molecule has 0 saturated heterocycles. The Balaban J connectivity index is 0.000000200. The van der Waals surface area contributed by atoms with Crippen molar-refractivity contribution in [1.29, 1.82) is 0 Å². The van der Waals surface area contributed by atoms with Crippen LogP contribution in [0.2, 0.25) is 0 Å². The van der Waals surface area contributed by atoms with Crippen molar-refractivity contribution in [2.24, 2.45) is 16.7 Å². The van der Waals surface area contributed by atoms with Crippen LogP contribution in [0.25, 0.3) is 0 Å². The van der Waals surface area contributed by atoms with Crippen LogP contribution in [0.1, 0.15) is 66.4 Å². The highest BCUT2D eigenvalue weighted by Gasteiger charge is 2.26. The van der Waals surface area contributed by atoms with Crippen LogP contribution in [0.5, 0.6) is 0 Å². The van der Waals surface area contributed by atoms with Gasteiger partial charge in [0.2, 0.25) is 0 Å². The lowest BCUT2D eigenvalue weighted by Gasteiger charge is -2.17. The number of rotatable bonds is 2. The summed E-state index contributed by atoms with van der Waals surface area (Å²) < 4.78 is 0. The maximum Gasteiger partial charge on any atom is -0.0230 e. The first-order valence-corrected chi connectivity index (χ1v) is 7.70. The Morgan fingerprint density at radius 1 is 0.842 bits per heavy atom. The third-order valence-electron chi connectivity index (χ3n) is 3.18. The van der Waals surface area contributed by atoms with Gasteiger partial charge in [-0.2, -0.15) is 0 Å². The van der Waals surface area contributed by atoms with E-state index in [1.54, 1.807) is 0 Å². The smallest absolute Gasteiger partial charge is 0.0230 e. The second-order valence-corrected chi connectivity index (χ2v) is 8.43. The fourth-order valence-electron chi connectivity index (χ4n) is 2.40. The SMILES string of the molecule is CC(C)(C)CC1CC1.CC(C)(C)Cc1ccccc1. The van der Waals surface area contributed by atoms with Crippen LogP contribution in [0.3, 0.4) is 0 Å². The monoisotopic (exact) mass is 260 g/mol. The summed E-state index contributed by atoms with van der Waals surface area (Å²) in [5, 5.41) is 0. The fourth-order valence-corrected chi connectivity index (χ4v) is 2.40. The first kappa shape index (κ1) is 16.3. The number of hydrogen-bond acceptors (Lipinski definition) is 0. The van der Waals surface area contributed by atoms with E-state index in [9.17, 15) is 0 Å². The summed E-state index contributed by atoms with van der Waals surface area (Å²) in [6.45, 7) is 13.8. The molecule has 108 valence electrons. The van der Waals surface area contributed by atoms with Gasteiger partial charge in [-0.1, -0.05) is 84.7 Å². The van der Waals surface area contributed by atoms with Gasteiger partial charge in [0.15, 0.2) is 0 Å². The molecule has 0 spiro atoms. The zero-order valence-corrected chi connectivity index (χ0v) is 13.8. The number of benzene rings is 1. The van der Waals surface area contributed by atoms with Crippen LogP contribution < -0.4 is 0 Å². The molecule has 0 heteroatoms. The van der Waals surface area contributed by atoms with E-state index in [-0.39, 0.29) is 0 Å². The minimum absolute atomic E-state index is 0.404. The Morgan fingerprint density at radius 3 is 1.68 bits per heavy atom. The van der Waals surface area contributed by atoms with Gasteiger partial charge < -0.3 is 0 Å². The van der Waals surface area contributed by atoms with Gasteiger partial charge in [0.25, 0.3) is 0 Å². The molecule has 0 aliphatic heterocycles. The molecule has 0 N–H and O–H groups in total. The lowest BCUT2D eigenvalue weighted by molar-refractivity contribution is 0.354. The van der Waals surface area contributed by atoms with Crippen molar-refractivity contribution in [3.63, 3.8) is 0 Å². The fraction of sp³-hybridized carbons (Fsp3) is 0.684. The summed E-state index contributed by atoms with van der Waals surface area (Å²) in [4.78, 5) is 0. The van der Waals surface area contributed by atoms with E-state index in [1.807, 2.05) is 0 Å². The molecule has 1 aliphatic rings. The topological polar surface area (TPSA) is 0 Å². The van der Waals surface area contributed by atoms with E-state index in [0.717, 1.165) is 12.3 Å². The summed E-state index contributed by atoms with van der Waals surface area (Å²) in [6.07, 6.45) is 5.59. The van der Waals surface area contributed by atoms with Gasteiger partial charge in [-0.3, -0.25) is 0 Å². The molecule has 0 amide bonds. The average Bonchev–Trinajstić information content (AvgIpc) is 2.99. The lowest BCUT2D eigenvalue weighted by atomic mass is 9.88. The average molecular weight is 260 g/mol. The van der Waals surface area contributed by atoms with Crippen molar-refractivity contribution in [3.8, 4) is 0 Å². The van der Waals surface area contributed by atoms with Crippen LogP contribution >= 0.6 is 0 Å². The molecule has 1 aromatic rings. The third kappa shape index (κ3) is 9.76. The second kappa shape index (κ2) is 6.59. The molecule has 0 bridgehead atoms. The van der Waals surface area contributed by atoms with Crippen molar-refractivity contribution in [3.05, 3.63) is 35.9 Å². The summed E-state index contributed by atoms with van der Waals surface area (Å²) in [7, 11) is 0. The molecule has 1 aromatic carbocycles. The maximum absolute atomic E-state index is 2.32. The first-order valence-electron chi connectivity index (χ1n) is 7.70. The lowest BCUT2D eigenvalue weighted by Crippen LogP contribution is -2.08. The molecule has 1 aliphatic carbocycles. The van der Waals surface area contributed by atoms with Crippen molar-refractivity contribution >= 4 is 0 Å². The highest BCUT2D eigenvalue weighted by molar-refractivity contribution is 5.15. The Kier molecular flexibility index (Phi) is 5.64. The zero-order valence-electron chi connectivity index (χ0n) is 13.8. The quantitative estimate of drug-likeness (QED) is 0.602. The molecule has 19 heavy (non-hydrogen) atoms. The highest BCUT2D eigenvalue weighted by Crippen LogP contribution is 2.39. The molecule has 0 atom stereocenters. The summed E-state index contributed by atoms with van der Waals surface area (Å²) >= 11 is 0. The van der Waals surface area contributed by atoms with Gasteiger partial charge in [-0.25, -0.2) is 0 Å². The standard InChI is InChI=1S/C11H16.C8H16/c1-11(2,3)9-10-7-5-4-6-8-10;1-8(2,3)6-7-4-5-7/h4-8H,9H2,1-3H3;7H,4-6H2,1-3H3. The van der Waals surface area contributed by atoms with Gasteiger partial charge in [-0.05, 0) is 35.2 Å². The van der Waals surface area contributed by atoms with Crippen LogP contribution in [-0.2, 0) is 6.42 Å². The molecule has 0 aromatic heterocycles. The van der Waals surface area contributed by atoms with Crippen LogP contribution in [-0.4, -0.2) is 0 Å². The third-order valence-corrected chi connectivity index (χ3v) is 3.18. The maximum atomic E-state index is 2.32. The molecule has 1 fully saturated rings. The van der Waals surface area contributed by atoms with Crippen LogP contribution in [0.15, 0.2) is 30.3 Å². The Hall–Kier alpha value is -0.780. The second-order valence-electron chi connectivity index (χ2n) is 8.43. The molecular formula is C19H32. The van der Waals surface area contributed by atoms with Gasteiger partial charge in [0.1, 0.15) is 0 Å². The number of hydrogen-bond donors (Lipinski definition) is 0. The van der Waals surface area contributed by atoms with Gasteiger partial charge in [0.05, 0.1) is 0 Å². The van der Waals surface area contributed by atoms with Crippen LogP contribution in [0.4, 0.5) is 0 Å². The molecular weight excluding hydrogens is 228 g/mol. The molecule has 0 heterocycles. The largest absolute Gasteiger partial charge is 0.0622 e. The minimum atomic E-state index is 0.404. The summed E-state index contributed by atoms with van der Waals surface area (Å²) in [5.74, 6) is 1.09. The van der Waals surface area contributed by atoms with Gasteiger partial charge in [0, 0.05) is 0 Å². The van der Waals surface area contributed by atoms with Crippen molar-refractivity contribution in [1.82, 2.24) is 0 Å². The predicted molar refractivity (Wildman–Crippen MR) is 86.4 cm³/mol. The Morgan fingerprint density at radius 2 is 1.37 bits per heavy atom. The van der Waals surface area contributed by atoms with Crippen molar-refractivity contribution in [2.75, 3.05) is 0 Å². The normalized spacial score (nSPS) is 15.7. The molecule has 0 radical (unpaired) electrons. The molecule has 0 unspecified atom stereocenters. The van der Waals surface area contributed by atoms with E-state index in [0.29, 0.717) is 10.8 Å². The summed E-state index contributed by atoms with van der Waals surface area (Å²) in [6, 6.07) is 10.6. The van der Waals surface area contributed by atoms with Crippen molar-refractivity contribution < 1.29 is 0 Å². The van der Waals surface area contributed by atoms with E-state index in [2.05, 4.69) is 71.9 Å². The minimum Gasteiger partial charge on any atom is -0.0622 e. The first-order chi connectivity index (χ1) is 8.66. The van der Waals surface area contributed by atoms with E-state index < -0.39 is 0 Å². The van der Waals surface area contributed by atoms with Crippen molar-refractivity contribution in [2.45, 2.75) is 67.2 Å². The van der Waals surface area contributed by atoms with E-state index in [4.69, 9.17) is 0 Å². The Labute approximate surface area is 120 Å². The molecule has 0 nitrogen and oxygen atoms in total. The van der Waals surface area contributed by atoms with E-state index >= 15 is 0 Å². The molecule has 2 rings (SSSR count). The zero-order chi connectivity index (χ0) is 14.5. The molecule has 1 saturated carbocycles. The predicted octanol–water partition coefficient (Wildman–Crippen LogP) is 6.11. The summed E-state index contributed by atoms with van der Waals surface area (Å²) in [5.41, 5.74) is 2.42. The highest BCUT2D eigenvalue weighted by atomic mass is 14.3. The van der Waals surface area contributed by atoms with Crippen LogP contribution in [0, 0.1) is 16.7 Å². The van der Waals surface area contributed by atoms with E-state index in [1.165, 1.54) is 24.8 Å². The van der Waals surface area contributed by atoms with Gasteiger partial charge >= 0.3 is 0 Å². The van der Waals surface area contributed by atoms with Gasteiger partial charge in [-0.15, -0.1) is 0 Å².